The SMILES string of the molecule is CC(C)(C)N(CC(=O)c1ccc(OCc2ccccc2)c2c1OCC(=O)N2)Cc1ccccc1.Cl. The van der Waals surface area contributed by atoms with E-state index in [1.807, 2.05) is 48.5 Å². The predicted octanol–water partition coefficient (Wildman–Crippen LogP) is 5.50. The molecular formula is C28H31ClN2O4. The Balaban J connectivity index is 0.00000342. The molecule has 1 aliphatic rings. The molecule has 1 heterocycles. The van der Waals surface area contributed by atoms with Crippen molar-refractivity contribution >= 4 is 29.8 Å². The Morgan fingerprint density at radius 2 is 1.60 bits per heavy atom. The topological polar surface area (TPSA) is 67.9 Å². The molecule has 35 heavy (non-hydrogen) atoms. The largest absolute Gasteiger partial charge is 0.487 e. The van der Waals surface area contributed by atoms with Crippen LogP contribution in [-0.2, 0) is 17.9 Å². The minimum atomic E-state index is -0.276. The van der Waals surface area contributed by atoms with Gasteiger partial charge in [-0.3, -0.25) is 14.5 Å². The monoisotopic (exact) mass is 494 g/mol. The molecule has 0 bridgehead atoms. The van der Waals surface area contributed by atoms with Crippen LogP contribution in [0.25, 0.3) is 0 Å². The maximum absolute atomic E-state index is 13.5. The van der Waals surface area contributed by atoms with Crippen LogP contribution in [0.1, 0.15) is 42.3 Å². The summed E-state index contributed by atoms with van der Waals surface area (Å²) in [5, 5.41) is 2.83. The predicted molar refractivity (Wildman–Crippen MR) is 140 cm³/mol. The summed E-state index contributed by atoms with van der Waals surface area (Å²) in [5.41, 5.74) is 2.76. The number of nitrogens with one attached hydrogen (secondary N) is 1. The molecule has 0 aliphatic carbocycles. The first-order valence-corrected chi connectivity index (χ1v) is 11.4. The number of rotatable bonds is 8. The lowest BCUT2D eigenvalue weighted by molar-refractivity contribution is -0.118. The second-order valence-electron chi connectivity index (χ2n) is 9.36. The van der Waals surface area contributed by atoms with Crippen LogP contribution < -0.4 is 14.8 Å². The Labute approximate surface area is 212 Å². The third-order valence-corrected chi connectivity index (χ3v) is 5.77. The van der Waals surface area contributed by atoms with Crippen molar-refractivity contribution in [3.63, 3.8) is 0 Å². The molecule has 0 aromatic heterocycles. The number of ether oxygens (including phenoxy) is 2. The Hall–Kier alpha value is -3.35. The molecule has 4 rings (SSSR count). The second kappa shape index (κ2) is 11.4. The standard InChI is InChI=1S/C28H30N2O4.ClH/c1-28(2,3)30(16-20-10-6-4-7-11-20)17-23(31)22-14-15-24(26-27(22)34-19-25(32)29-26)33-18-21-12-8-5-9-13-21;/h4-15H,16-19H2,1-3H3,(H,29,32);1H. The van der Waals surface area contributed by atoms with Crippen LogP contribution in [0.4, 0.5) is 5.69 Å². The summed E-state index contributed by atoms with van der Waals surface area (Å²) >= 11 is 0. The average Bonchev–Trinajstić information content (AvgIpc) is 2.82. The van der Waals surface area contributed by atoms with E-state index in [2.05, 4.69) is 43.1 Å². The molecule has 184 valence electrons. The minimum Gasteiger partial charge on any atom is -0.487 e. The van der Waals surface area contributed by atoms with E-state index in [4.69, 9.17) is 9.47 Å². The number of hydrogen-bond donors (Lipinski definition) is 1. The highest BCUT2D eigenvalue weighted by Gasteiger charge is 2.29. The molecule has 0 saturated carbocycles. The summed E-state index contributed by atoms with van der Waals surface area (Å²) in [6, 6.07) is 23.3. The number of carbonyl (C=O) groups excluding carboxylic acids is 2. The van der Waals surface area contributed by atoms with Crippen molar-refractivity contribution in [2.45, 2.75) is 39.5 Å². The maximum atomic E-state index is 13.5. The normalized spacial score (nSPS) is 12.7. The lowest BCUT2D eigenvalue weighted by Gasteiger charge is -2.35. The molecule has 0 fully saturated rings. The fourth-order valence-electron chi connectivity index (χ4n) is 3.81. The van der Waals surface area contributed by atoms with E-state index in [1.54, 1.807) is 12.1 Å². The smallest absolute Gasteiger partial charge is 0.262 e. The highest BCUT2D eigenvalue weighted by atomic mass is 35.5. The molecule has 7 heteroatoms. The molecular weight excluding hydrogens is 464 g/mol. The lowest BCUT2D eigenvalue weighted by Crippen LogP contribution is -2.44. The van der Waals surface area contributed by atoms with Gasteiger partial charge in [0, 0.05) is 12.1 Å². The van der Waals surface area contributed by atoms with E-state index in [0.717, 1.165) is 11.1 Å². The molecule has 0 radical (unpaired) electrons. The number of benzene rings is 3. The summed E-state index contributed by atoms with van der Waals surface area (Å²) in [6.07, 6.45) is 0. The minimum absolute atomic E-state index is 0. The maximum Gasteiger partial charge on any atom is 0.262 e. The van der Waals surface area contributed by atoms with Crippen molar-refractivity contribution in [3.8, 4) is 11.5 Å². The Morgan fingerprint density at radius 1 is 0.971 bits per heavy atom. The van der Waals surface area contributed by atoms with Crippen LogP contribution in [-0.4, -0.2) is 35.3 Å². The third kappa shape index (κ3) is 6.62. The second-order valence-corrected chi connectivity index (χ2v) is 9.36. The fraction of sp³-hybridized carbons (Fsp3) is 0.286. The lowest BCUT2D eigenvalue weighted by atomic mass is 10.0. The number of nitrogens with zero attached hydrogens (tertiary/aromatic N) is 1. The Bertz CT molecular complexity index is 1160. The first-order valence-electron chi connectivity index (χ1n) is 11.4. The molecule has 3 aromatic rings. The van der Waals surface area contributed by atoms with Gasteiger partial charge < -0.3 is 14.8 Å². The van der Waals surface area contributed by atoms with Gasteiger partial charge in [0.15, 0.2) is 18.1 Å². The molecule has 6 nitrogen and oxygen atoms in total. The molecule has 1 amide bonds. The van der Waals surface area contributed by atoms with E-state index in [9.17, 15) is 9.59 Å². The number of carbonyl (C=O) groups is 2. The van der Waals surface area contributed by atoms with Crippen molar-refractivity contribution in [3.05, 3.63) is 89.5 Å². The number of fused-ring (bicyclic) bond motifs is 1. The van der Waals surface area contributed by atoms with Gasteiger partial charge in [0.2, 0.25) is 0 Å². The molecule has 1 N–H and O–H groups in total. The fourth-order valence-corrected chi connectivity index (χ4v) is 3.81. The first-order chi connectivity index (χ1) is 16.3. The van der Waals surface area contributed by atoms with Gasteiger partial charge in [0.25, 0.3) is 5.91 Å². The van der Waals surface area contributed by atoms with Crippen molar-refractivity contribution in [2.75, 3.05) is 18.5 Å². The van der Waals surface area contributed by atoms with Gasteiger partial charge in [-0.2, -0.15) is 0 Å². The Kier molecular flexibility index (Phi) is 8.54. The van der Waals surface area contributed by atoms with Gasteiger partial charge in [0.1, 0.15) is 18.0 Å². The van der Waals surface area contributed by atoms with Gasteiger partial charge >= 0.3 is 0 Å². The number of halogens is 1. The van der Waals surface area contributed by atoms with E-state index in [-0.39, 0.29) is 42.8 Å². The van der Waals surface area contributed by atoms with E-state index in [1.165, 1.54) is 0 Å². The van der Waals surface area contributed by atoms with Crippen LogP contribution in [0.15, 0.2) is 72.8 Å². The number of hydrogen-bond acceptors (Lipinski definition) is 5. The van der Waals surface area contributed by atoms with Crippen LogP contribution in [0.5, 0.6) is 11.5 Å². The van der Waals surface area contributed by atoms with Gasteiger partial charge in [-0.15, -0.1) is 12.4 Å². The Morgan fingerprint density at radius 3 is 2.23 bits per heavy atom. The summed E-state index contributed by atoms with van der Waals surface area (Å²) in [6.45, 7) is 7.34. The average molecular weight is 495 g/mol. The van der Waals surface area contributed by atoms with Gasteiger partial charge in [-0.05, 0) is 44.0 Å². The molecule has 3 aromatic carbocycles. The van der Waals surface area contributed by atoms with E-state index >= 15 is 0 Å². The van der Waals surface area contributed by atoms with Crippen molar-refractivity contribution < 1.29 is 19.1 Å². The molecule has 0 atom stereocenters. The molecule has 0 unspecified atom stereocenters. The van der Waals surface area contributed by atoms with E-state index < -0.39 is 0 Å². The van der Waals surface area contributed by atoms with Crippen molar-refractivity contribution in [1.29, 1.82) is 0 Å². The number of anilines is 1. The summed E-state index contributed by atoms with van der Waals surface area (Å²) < 4.78 is 11.7. The summed E-state index contributed by atoms with van der Waals surface area (Å²) in [4.78, 5) is 27.7. The molecule has 0 saturated heterocycles. The van der Waals surface area contributed by atoms with Crippen LogP contribution in [0, 0.1) is 0 Å². The van der Waals surface area contributed by atoms with Crippen LogP contribution in [0.3, 0.4) is 0 Å². The zero-order valence-corrected chi connectivity index (χ0v) is 21.1. The summed E-state index contributed by atoms with van der Waals surface area (Å²) in [5.74, 6) is 0.485. The first kappa shape index (κ1) is 26.3. The zero-order chi connectivity index (χ0) is 24.1. The van der Waals surface area contributed by atoms with Crippen LogP contribution >= 0.6 is 12.4 Å². The number of ketones is 1. The van der Waals surface area contributed by atoms with Crippen molar-refractivity contribution in [1.82, 2.24) is 4.90 Å². The number of Topliss-reactive ketones (excluding diaryl/α,β-unsaturated/α-hetero) is 1. The highest BCUT2D eigenvalue weighted by Crippen LogP contribution is 2.40. The third-order valence-electron chi connectivity index (χ3n) is 5.77. The summed E-state index contributed by atoms with van der Waals surface area (Å²) in [7, 11) is 0. The van der Waals surface area contributed by atoms with Crippen LogP contribution in [0.2, 0.25) is 0 Å². The van der Waals surface area contributed by atoms with Crippen molar-refractivity contribution in [2.24, 2.45) is 0 Å². The van der Waals surface area contributed by atoms with Gasteiger partial charge in [-0.25, -0.2) is 0 Å². The van der Waals surface area contributed by atoms with Gasteiger partial charge in [0.05, 0.1) is 12.1 Å². The zero-order valence-electron chi connectivity index (χ0n) is 20.2. The van der Waals surface area contributed by atoms with E-state index in [0.29, 0.717) is 35.9 Å². The quantitative estimate of drug-likeness (QED) is 0.419. The molecule has 1 aliphatic heterocycles. The number of amides is 1. The molecule has 0 spiro atoms. The highest BCUT2D eigenvalue weighted by molar-refractivity contribution is 6.06. The van der Waals surface area contributed by atoms with Gasteiger partial charge in [-0.1, -0.05) is 60.7 Å².